The van der Waals surface area contributed by atoms with Crippen LogP contribution in [0.2, 0.25) is 0 Å². The molecule has 1 aliphatic heterocycles. The summed E-state index contributed by atoms with van der Waals surface area (Å²) in [6.45, 7) is 4.33. The zero-order valence-electron chi connectivity index (χ0n) is 11.2. The lowest BCUT2D eigenvalue weighted by Crippen LogP contribution is -2.23. The third-order valence-electron chi connectivity index (χ3n) is 3.88. The van der Waals surface area contributed by atoms with Crippen molar-refractivity contribution < 1.29 is 5.11 Å². The van der Waals surface area contributed by atoms with Gasteiger partial charge in [-0.15, -0.1) is 0 Å². The molecule has 2 N–H and O–H groups in total. The summed E-state index contributed by atoms with van der Waals surface area (Å²) in [6.07, 6.45) is 1.12. The molecule has 0 unspecified atom stereocenters. The molecule has 0 aromatic heterocycles. The predicted octanol–water partition coefficient (Wildman–Crippen LogP) is 2.80. The van der Waals surface area contributed by atoms with Crippen molar-refractivity contribution in [3.63, 3.8) is 0 Å². The second-order valence-corrected chi connectivity index (χ2v) is 5.22. The molecule has 98 valence electrons. The highest BCUT2D eigenvalue weighted by Crippen LogP contribution is 2.28. The molecular weight excluding hydrogens is 234 g/mol. The number of benzene rings is 2. The van der Waals surface area contributed by atoms with Crippen LogP contribution in [0, 0.1) is 6.92 Å². The van der Waals surface area contributed by atoms with E-state index in [0.717, 1.165) is 25.1 Å². The largest absolute Gasteiger partial charge is 0.392 e. The van der Waals surface area contributed by atoms with Gasteiger partial charge in [-0.1, -0.05) is 30.3 Å². The third-order valence-corrected chi connectivity index (χ3v) is 3.88. The standard InChI is InChI=1S/C17H19NO/c1-12-8-15-6-7-18-10-16(15)9-17(12)14-4-2-13(11-19)3-5-14/h2-5,8-9,18-19H,6-7,10-11H2,1H3. The topological polar surface area (TPSA) is 32.3 Å². The van der Waals surface area contributed by atoms with Gasteiger partial charge in [-0.05, 0) is 59.3 Å². The first kappa shape index (κ1) is 12.4. The van der Waals surface area contributed by atoms with Gasteiger partial charge in [0.05, 0.1) is 6.61 Å². The summed E-state index contributed by atoms with van der Waals surface area (Å²) in [7, 11) is 0. The van der Waals surface area contributed by atoms with Gasteiger partial charge in [-0.25, -0.2) is 0 Å². The smallest absolute Gasteiger partial charge is 0.0681 e. The SMILES string of the molecule is Cc1cc2c(cc1-c1ccc(CO)cc1)CNCC2. The first-order valence-electron chi connectivity index (χ1n) is 6.81. The predicted molar refractivity (Wildman–Crippen MR) is 77.9 cm³/mol. The maximum Gasteiger partial charge on any atom is 0.0681 e. The molecule has 0 amide bonds. The molecule has 1 heterocycles. The molecule has 19 heavy (non-hydrogen) atoms. The number of rotatable bonds is 2. The Bertz CT molecular complexity index is 587. The van der Waals surface area contributed by atoms with Gasteiger partial charge in [0.25, 0.3) is 0 Å². The molecule has 2 aromatic carbocycles. The Kier molecular flexibility index (Phi) is 3.36. The first-order valence-corrected chi connectivity index (χ1v) is 6.81. The quantitative estimate of drug-likeness (QED) is 0.862. The Morgan fingerprint density at radius 1 is 1.11 bits per heavy atom. The van der Waals surface area contributed by atoms with Crippen LogP contribution in [-0.2, 0) is 19.6 Å². The van der Waals surface area contributed by atoms with Crippen molar-refractivity contribution in [1.82, 2.24) is 5.32 Å². The van der Waals surface area contributed by atoms with Gasteiger partial charge < -0.3 is 10.4 Å². The van der Waals surface area contributed by atoms with Crippen molar-refractivity contribution in [1.29, 1.82) is 0 Å². The van der Waals surface area contributed by atoms with Crippen molar-refractivity contribution in [3.8, 4) is 11.1 Å². The Hall–Kier alpha value is -1.64. The highest BCUT2D eigenvalue weighted by Gasteiger charge is 2.12. The molecule has 0 spiro atoms. The molecule has 0 saturated carbocycles. The number of aliphatic hydroxyl groups is 1. The van der Waals surface area contributed by atoms with E-state index in [-0.39, 0.29) is 6.61 Å². The van der Waals surface area contributed by atoms with E-state index in [0.29, 0.717) is 0 Å². The molecule has 0 atom stereocenters. The second kappa shape index (κ2) is 5.16. The maximum absolute atomic E-state index is 9.10. The van der Waals surface area contributed by atoms with Crippen molar-refractivity contribution in [3.05, 3.63) is 58.7 Å². The van der Waals surface area contributed by atoms with Gasteiger partial charge in [0, 0.05) is 6.54 Å². The van der Waals surface area contributed by atoms with Crippen LogP contribution in [0.15, 0.2) is 36.4 Å². The Labute approximate surface area is 114 Å². The van der Waals surface area contributed by atoms with Crippen LogP contribution in [-0.4, -0.2) is 11.7 Å². The van der Waals surface area contributed by atoms with E-state index in [1.165, 1.54) is 27.8 Å². The molecule has 2 aromatic rings. The highest BCUT2D eigenvalue weighted by atomic mass is 16.3. The lowest BCUT2D eigenvalue weighted by molar-refractivity contribution is 0.282. The van der Waals surface area contributed by atoms with Crippen LogP contribution in [0.25, 0.3) is 11.1 Å². The second-order valence-electron chi connectivity index (χ2n) is 5.22. The molecule has 0 saturated heterocycles. The number of nitrogens with one attached hydrogen (secondary N) is 1. The highest BCUT2D eigenvalue weighted by molar-refractivity contribution is 5.69. The summed E-state index contributed by atoms with van der Waals surface area (Å²) >= 11 is 0. The van der Waals surface area contributed by atoms with Gasteiger partial charge in [0.1, 0.15) is 0 Å². The van der Waals surface area contributed by atoms with Gasteiger partial charge in [-0.2, -0.15) is 0 Å². The minimum Gasteiger partial charge on any atom is -0.392 e. The Morgan fingerprint density at radius 2 is 1.89 bits per heavy atom. The van der Waals surface area contributed by atoms with Crippen LogP contribution in [0.3, 0.4) is 0 Å². The Morgan fingerprint density at radius 3 is 2.63 bits per heavy atom. The van der Waals surface area contributed by atoms with E-state index < -0.39 is 0 Å². The van der Waals surface area contributed by atoms with Crippen molar-refractivity contribution in [2.75, 3.05) is 6.54 Å². The van der Waals surface area contributed by atoms with Gasteiger partial charge in [0.15, 0.2) is 0 Å². The summed E-state index contributed by atoms with van der Waals surface area (Å²) in [5.41, 5.74) is 7.71. The summed E-state index contributed by atoms with van der Waals surface area (Å²) in [5, 5.41) is 12.5. The average molecular weight is 253 g/mol. The van der Waals surface area contributed by atoms with E-state index in [1.54, 1.807) is 0 Å². The van der Waals surface area contributed by atoms with E-state index in [2.05, 4.69) is 36.5 Å². The van der Waals surface area contributed by atoms with Crippen LogP contribution < -0.4 is 5.32 Å². The van der Waals surface area contributed by atoms with Crippen molar-refractivity contribution in [2.45, 2.75) is 26.5 Å². The van der Waals surface area contributed by atoms with E-state index >= 15 is 0 Å². The first-order chi connectivity index (χ1) is 9.28. The minimum atomic E-state index is 0.105. The summed E-state index contributed by atoms with van der Waals surface area (Å²) < 4.78 is 0. The van der Waals surface area contributed by atoms with Crippen LogP contribution in [0.4, 0.5) is 0 Å². The van der Waals surface area contributed by atoms with E-state index in [9.17, 15) is 0 Å². The normalized spacial score (nSPS) is 14.2. The minimum absolute atomic E-state index is 0.105. The number of fused-ring (bicyclic) bond motifs is 1. The van der Waals surface area contributed by atoms with Crippen molar-refractivity contribution >= 4 is 0 Å². The molecule has 0 aliphatic carbocycles. The lowest BCUT2D eigenvalue weighted by Gasteiger charge is -2.20. The van der Waals surface area contributed by atoms with Gasteiger partial charge in [-0.3, -0.25) is 0 Å². The fourth-order valence-electron chi connectivity index (χ4n) is 2.76. The zero-order chi connectivity index (χ0) is 13.2. The zero-order valence-corrected chi connectivity index (χ0v) is 11.2. The lowest BCUT2D eigenvalue weighted by atomic mass is 9.91. The molecule has 2 heteroatoms. The molecular formula is C17H19NO. The molecule has 0 fully saturated rings. The Balaban J connectivity index is 2.03. The van der Waals surface area contributed by atoms with Crippen molar-refractivity contribution in [2.24, 2.45) is 0 Å². The van der Waals surface area contributed by atoms with Crippen LogP contribution >= 0.6 is 0 Å². The average Bonchev–Trinajstić information content (AvgIpc) is 2.47. The molecule has 0 bridgehead atoms. The van der Waals surface area contributed by atoms with Crippen LogP contribution in [0.5, 0.6) is 0 Å². The number of aryl methyl sites for hydroxylation is 1. The number of hydrogen-bond donors (Lipinski definition) is 2. The molecule has 3 rings (SSSR count). The summed E-state index contributed by atoms with van der Waals surface area (Å²) in [4.78, 5) is 0. The van der Waals surface area contributed by atoms with Crippen LogP contribution in [0.1, 0.15) is 22.3 Å². The third kappa shape index (κ3) is 2.42. The monoisotopic (exact) mass is 253 g/mol. The van der Waals surface area contributed by atoms with E-state index in [4.69, 9.17) is 5.11 Å². The molecule has 0 radical (unpaired) electrons. The van der Waals surface area contributed by atoms with Gasteiger partial charge in [0.2, 0.25) is 0 Å². The van der Waals surface area contributed by atoms with E-state index in [1.807, 2.05) is 12.1 Å². The summed E-state index contributed by atoms with van der Waals surface area (Å²) in [5.74, 6) is 0. The fraction of sp³-hybridized carbons (Fsp3) is 0.294. The number of hydrogen-bond acceptors (Lipinski definition) is 2. The molecule has 1 aliphatic rings. The van der Waals surface area contributed by atoms with Gasteiger partial charge >= 0.3 is 0 Å². The summed E-state index contributed by atoms with van der Waals surface area (Å²) in [6, 6.07) is 12.8. The number of aliphatic hydroxyl groups excluding tert-OH is 1. The fourth-order valence-corrected chi connectivity index (χ4v) is 2.76. The molecule has 2 nitrogen and oxygen atoms in total. The maximum atomic E-state index is 9.10.